The highest BCUT2D eigenvalue weighted by Crippen LogP contribution is 2.30. The minimum atomic E-state index is -0.0544. The van der Waals surface area contributed by atoms with Crippen molar-refractivity contribution in [3.8, 4) is 5.75 Å². The summed E-state index contributed by atoms with van der Waals surface area (Å²) in [5, 5.41) is 0. The lowest BCUT2D eigenvalue weighted by atomic mass is 10.1. The van der Waals surface area contributed by atoms with E-state index in [4.69, 9.17) is 10.5 Å². The zero-order valence-corrected chi connectivity index (χ0v) is 13.8. The van der Waals surface area contributed by atoms with E-state index in [1.165, 1.54) is 0 Å². The first-order valence-electron chi connectivity index (χ1n) is 7.90. The van der Waals surface area contributed by atoms with Gasteiger partial charge in [0.1, 0.15) is 5.75 Å². The summed E-state index contributed by atoms with van der Waals surface area (Å²) in [5.41, 5.74) is 8.04. The van der Waals surface area contributed by atoms with Crippen LogP contribution < -0.4 is 15.4 Å². The Bertz CT molecular complexity index is 641. The standard InChI is InChI=1S/C19H24N2O2/c1-15-10-11-17(18(14-15)23-13-7-6-12-20)21(2)19(22)16-8-4-3-5-9-16/h3-5,8-11,14H,6-7,12-13,20H2,1-2H3. The van der Waals surface area contributed by atoms with Gasteiger partial charge in [-0.25, -0.2) is 0 Å². The van der Waals surface area contributed by atoms with Crippen LogP contribution in [0.15, 0.2) is 48.5 Å². The van der Waals surface area contributed by atoms with Crippen molar-refractivity contribution in [2.24, 2.45) is 5.73 Å². The number of carbonyl (C=O) groups excluding carboxylic acids is 1. The lowest BCUT2D eigenvalue weighted by Gasteiger charge is -2.21. The molecule has 2 aromatic rings. The summed E-state index contributed by atoms with van der Waals surface area (Å²) in [4.78, 5) is 14.2. The topological polar surface area (TPSA) is 55.6 Å². The molecule has 23 heavy (non-hydrogen) atoms. The molecule has 0 aliphatic carbocycles. The molecule has 0 radical (unpaired) electrons. The summed E-state index contributed by atoms with van der Waals surface area (Å²) in [7, 11) is 1.77. The number of carbonyl (C=O) groups is 1. The second-order valence-corrected chi connectivity index (χ2v) is 5.55. The lowest BCUT2D eigenvalue weighted by molar-refractivity contribution is 0.0992. The van der Waals surface area contributed by atoms with Gasteiger partial charge < -0.3 is 15.4 Å². The Labute approximate surface area is 137 Å². The molecule has 0 aliphatic heterocycles. The van der Waals surface area contributed by atoms with Crippen molar-refractivity contribution in [2.45, 2.75) is 19.8 Å². The normalized spacial score (nSPS) is 10.4. The number of unbranched alkanes of at least 4 members (excludes halogenated alkanes) is 1. The molecule has 0 unspecified atom stereocenters. The van der Waals surface area contributed by atoms with Gasteiger partial charge in [0.25, 0.3) is 5.91 Å². The number of benzene rings is 2. The van der Waals surface area contributed by atoms with Crippen molar-refractivity contribution in [1.82, 2.24) is 0 Å². The van der Waals surface area contributed by atoms with Crippen LogP contribution >= 0.6 is 0 Å². The van der Waals surface area contributed by atoms with Crippen LogP contribution in [0.4, 0.5) is 5.69 Å². The van der Waals surface area contributed by atoms with Crippen molar-refractivity contribution in [1.29, 1.82) is 0 Å². The second-order valence-electron chi connectivity index (χ2n) is 5.55. The van der Waals surface area contributed by atoms with Crippen LogP contribution in [0.5, 0.6) is 5.75 Å². The van der Waals surface area contributed by atoms with E-state index in [1.54, 1.807) is 11.9 Å². The van der Waals surface area contributed by atoms with Crippen LogP contribution in [0, 0.1) is 6.92 Å². The van der Waals surface area contributed by atoms with E-state index < -0.39 is 0 Å². The Kier molecular flexibility index (Phi) is 6.18. The predicted octanol–water partition coefficient (Wildman–Crippen LogP) is 3.39. The van der Waals surface area contributed by atoms with E-state index in [1.807, 2.05) is 55.5 Å². The molecule has 0 heterocycles. The molecule has 0 saturated heterocycles. The minimum absolute atomic E-state index is 0.0544. The maximum atomic E-state index is 12.6. The van der Waals surface area contributed by atoms with Gasteiger partial charge in [-0.3, -0.25) is 4.79 Å². The Morgan fingerprint density at radius 3 is 2.57 bits per heavy atom. The zero-order valence-electron chi connectivity index (χ0n) is 13.8. The second kappa shape index (κ2) is 8.34. The van der Waals surface area contributed by atoms with Crippen LogP contribution in [-0.4, -0.2) is 26.1 Å². The molecule has 2 rings (SSSR count). The molecule has 0 bridgehead atoms. The van der Waals surface area contributed by atoms with Gasteiger partial charge in [0.2, 0.25) is 0 Å². The summed E-state index contributed by atoms with van der Waals surface area (Å²) in [6.07, 6.45) is 1.83. The van der Waals surface area contributed by atoms with E-state index in [2.05, 4.69) is 0 Å². The van der Waals surface area contributed by atoms with Crippen molar-refractivity contribution in [3.63, 3.8) is 0 Å². The molecule has 0 spiro atoms. The van der Waals surface area contributed by atoms with E-state index in [-0.39, 0.29) is 5.91 Å². The maximum absolute atomic E-state index is 12.6. The third kappa shape index (κ3) is 4.57. The van der Waals surface area contributed by atoms with Gasteiger partial charge in [0, 0.05) is 12.6 Å². The first-order chi connectivity index (χ1) is 11.1. The average Bonchev–Trinajstić information content (AvgIpc) is 2.58. The molecule has 4 heteroatoms. The Morgan fingerprint density at radius 2 is 1.87 bits per heavy atom. The number of amides is 1. The smallest absolute Gasteiger partial charge is 0.258 e. The van der Waals surface area contributed by atoms with Crippen LogP contribution in [0.25, 0.3) is 0 Å². The molecule has 2 aromatic carbocycles. The van der Waals surface area contributed by atoms with E-state index in [9.17, 15) is 4.79 Å². The van der Waals surface area contributed by atoms with Crippen LogP contribution in [0.3, 0.4) is 0 Å². The lowest BCUT2D eigenvalue weighted by Crippen LogP contribution is -2.26. The molecule has 0 aromatic heterocycles. The number of anilines is 1. The average molecular weight is 312 g/mol. The SMILES string of the molecule is Cc1ccc(N(C)C(=O)c2ccccc2)c(OCCCCN)c1. The molecular weight excluding hydrogens is 288 g/mol. The van der Waals surface area contributed by atoms with Gasteiger partial charge in [0.05, 0.1) is 12.3 Å². The first kappa shape index (κ1) is 17.0. The monoisotopic (exact) mass is 312 g/mol. The van der Waals surface area contributed by atoms with Crippen LogP contribution in [0.2, 0.25) is 0 Å². The van der Waals surface area contributed by atoms with Gasteiger partial charge >= 0.3 is 0 Å². The van der Waals surface area contributed by atoms with Crippen LogP contribution in [-0.2, 0) is 0 Å². The van der Waals surface area contributed by atoms with E-state index in [0.717, 1.165) is 29.8 Å². The minimum Gasteiger partial charge on any atom is -0.491 e. The van der Waals surface area contributed by atoms with Gasteiger partial charge in [0.15, 0.2) is 0 Å². The quantitative estimate of drug-likeness (QED) is 0.797. The number of ether oxygens (including phenoxy) is 1. The number of nitrogens with zero attached hydrogens (tertiary/aromatic N) is 1. The molecule has 0 aliphatic rings. The van der Waals surface area contributed by atoms with Gasteiger partial charge in [-0.05, 0) is 56.1 Å². The van der Waals surface area contributed by atoms with Crippen LogP contribution in [0.1, 0.15) is 28.8 Å². The van der Waals surface area contributed by atoms with Crippen molar-refractivity contribution in [3.05, 3.63) is 59.7 Å². The molecule has 0 fully saturated rings. The molecule has 0 saturated carbocycles. The fourth-order valence-corrected chi connectivity index (χ4v) is 2.33. The summed E-state index contributed by atoms with van der Waals surface area (Å²) < 4.78 is 5.88. The fourth-order valence-electron chi connectivity index (χ4n) is 2.33. The third-order valence-electron chi connectivity index (χ3n) is 3.66. The number of hydrogen-bond donors (Lipinski definition) is 1. The molecule has 122 valence electrons. The van der Waals surface area contributed by atoms with Crippen molar-refractivity contribution < 1.29 is 9.53 Å². The highest BCUT2D eigenvalue weighted by Gasteiger charge is 2.17. The molecule has 1 amide bonds. The summed E-state index contributed by atoms with van der Waals surface area (Å²) in [5.74, 6) is 0.676. The summed E-state index contributed by atoms with van der Waals surface area (Å²) >= 11 is 0. The van der Waals surface area contributed by atoms with Crippen molar-refractivity contribution >= 4 is 11.6 Å². The fraction of sp³-hybridized carbons (Fsp3) is 0.316. The maximum Gasteiger partial charge on any atom is 0.258 e. The van der Waals surface area contributed by atoms with Gasteiger partial charge in [-0.1, -0.05) is 24.3 Å². The van der Waals surface area contributed by atoms with E-state index in [0.29, 0.717) is 18.7 Å². The molecular formula is C19H24N2O2. The number of nitrogens with two attached hydrogens (primary N) is 1. The zero-order chi connectivity index (χ0) is 16.7. The van der Waals surface area contributed by atoms with Gasteiger partial charge in [-0.15, -0.1) is 0 Å². The van der Waals surface area contributed by atoms with E-state index >= 15 is 0 Å². The number of hydrogen-bond acceptors (Lipinski definition) is 3. The Balaban J connectivity index is 2.18. The molecule has 0 atom stereocenters. The molecule has 2 N–H and O–H groups in total. The highest BCUT2D eigenvalue weighted by atomic mass is 16.5. The molecule has 4 nitrogen and oxygen atoms in total. The first-order valence-corrected chi connectivity index (χ1v) is 7.90. The van der Waals surface area contributed by atoms with Crippen molar-refractivity contribution in [2.75, 3.05) is 25.1 Å². The largest absolute Gasteiger partial charge is 0.491 e. The third-order valence-corrected chi connectivity index (χ3v) is 3.66. The Morgan fingerprint density at radius 1 is 1.13 bits per heavy atom. The number of aryl methyl sites for hydroxylation is 1. The Hall–Kier alpha value is -2.33. The summed E-state index contributed by atoms with van der Waals surface area (Å²) in [6, 6.07) is 15.1. The van der Waals surface area contributed by atoms with Gasteiger partial charge in [-0.2, -0.15) is 0 Å². The highest BCUT2D eigenvalue weighted by molar-refractivity contribution is 6.06. The summed E-state index contributed by atoms with van der Waals surface area (Å²) in [6.45, 7) is 3.27. The predicted molar refractivity (Wildman–Crippen MR) is 94.1 cm³/mol. The number of rotatable bonds is 7.